The van der Waals surface area contributed by atoms with Crippen LogP contribution in [-0.4, -0.2) is 20.4 Å². The molecule has 0 aliphatic carbocycles. The predicted octanol–water partition coefficient (Wildman–Crippen LogP) is -0.604. The maximum atomic E-state index is 11.5. The molecule has 0 aromatic carbocycles. The van der Waals surface area contributed by atoms with Gasteiger partial charge in [0.05, 0.1) is 23.2 Å². The van der Waals surface area contributed by atoms with Gasteiger partial charge in [0.15, 0.2) is 0 Å². The first kappa shape index (κ1) is 13.4. The molecule has 104 valence electrons. The van der Waals surface area contributed by atoms with Crippen molar-refractivity contribution in [3.8, 4) is 0 Å². The maximum absolute atomic E-state index is 11.5. The van der Waals surface area contributed by atoms with Crippen LogP contribution in [0.1, 0.15) is 16.1 Å². The fraction of sp³-hybridized carbons (Fsp3) is 0.100. The molecule has 0 unspecified atom stereocenters. The number of carbonyl (C=O) groups excluding carboxylic acids is 1. The lowest BCUT2D eigenvalue weighted by molar-refractivity contribution is -0.385. The van der Waals surface area contributed by atoms with E-state index in [0.29, 0.717) is 0 Å². The number of carbonyl (C=O) groups is 1. The molecule has 10 nitrogen and oxygen atoms in total. The monoisotopic (exact) mass is 279 g/mol. The molecular weight excluding hydrogens is 270 g/mol. The summed E-state index contributed by atoms with van der Waals surface area (Å²) in [5, 5.41) is 10.6. The molecule has 20 heavy (non-hydrogen) atoms. The minimum atomic E-state index is -0.670. The maximum Gasteiger partial charge on any atom is 0.348 e. The molecule has 2 aromatic heterocycles. The van der Waals surface area contributed by atoms with E-state index in [1.807, 2.05) is 5.43 Å². The number of hydrogen-bond acceptors (Lipinski definition) is 7. The summed E-state index contributed by atoms with van der Waals surface area (Å²) in [5.41, 5.74) is 1.11. The molecule has 2 rings (SSSR count). The number of nitro groups is 1. The van der Waals surface area contributed by atoms with Gasteiger partial charge >= 0.3 is 11.4 Å². The second-order valence-electron chi connectivity index (χ2n) is 3.75. The number of nitrogen functional groups attached to an aromatic ring is 1. The Hall–Kier alpha value is -3.01. The van der Waals surface area contributed by atoms with Gasteiger partial charge in [-0.05, 0) is 6.07 Å². The van der Waals surface area contributed by atoms with Crippen molar-refractivity contribution < 1.29 is 14.1 Å². The third-order valence-corrected chi connectivity index (χ3v) is 2.43. The average Bonchev–Trinajstić information content (AvgIpc) is 2.88. The number of furan rings is 1. The zero-order chi connectivity index (χ0) is 14.7. The molecule has 0 atom stereocenters. The molecule has 0 saturated heterocycles. The lowest BCUT2D eigenvalue weighted by Crippen LogP contribution is -2.29. The van der Waals surface area contributed by atoms with Crippen molar-refractivity contribution in [2.75, 3.05) is 0 Å². The Morgan fingerprint density at radius 2 is 2.35 bits per heavy atom. The highest BCUT2D eigenvalue weighted by Crippen LogP contribution is 2.10. The number of nitrogens with two attached hydrogens (primary N) is 1. The minimum absolute atomic E-state index is 0.0919. The smallest absolute Gasteiger partial charge is 0.348 e. The predicted molar refractivity (Wildman–Crippen MR) is 64.6 cm³/mol. The number of rotatable bonds is 4. The number of hydrazine groups is 1. The molecule has 1 amide bonds. The molecule has 0 aliphatic rings. The number of nitrogens with one attached hydrogen (secondary N) is 1. The van der Waals surface area contributed by atoms with Crippen molar-refractivity contribution in [1.82, 2.24) is 15.0 Å². The van der Waals surface area contributed by atoms with E-state index in [9.17, 15) is 19.7 Å². The Labute approximate surface area is 110 Å². The summed E-state index contributed by atoms with van der Waals surface area (Å²) in [6.45, 7) is -0.0919. The van der Waals surface area contributed by atoms with E-state index in [1.165, 1.54) is 6.07 Å². The highest BCUT2D eigenvalue weighted by atomic mass is 16.6. The van der Waals surface area contributed by atoms with Crippen LogP contribution < -0.4 is 17.0 Å². The normalized spacial score (nSPS) is 10.2. The van der Waals surface area contributed by atoms with Crippen LogP contribution in [0.15, 0.2) is 33.9 Å². The van der Waals surface area contributed by atoms with Crippen molar-refractivity contribution in [1.29, 1.82) is 0 Å². The largest absolute Gasteiger partial charge is 0.467 e. The zero-order valence-corrected chi connectivity index (χ0v) is 9.98. The summed E-state index contributed by atoms with van der Waals surface area (Å²) in [5.74, 6) is 4.67. The average molecular weight is 279 g/mol. The third-order valence-electron chi connectivity index (χ3n) is 2.43. The van der Waals surface area contributed by atoms with E-state index >= 15 is 0 Å². The quantitative estimate of drug-likeness (QED) is 0.328. The van der Waals surface area contributed by atoms with Crippen LogP contribution >= 0.6 is 0 Å². The molecule has 0 saturated carbocycles. The Morgan fingerprint density at radius 1 is 1.60 bits per heavy atom. The summed E-state index contributed by atoms with van der Waals surface area (Å²) in [6.07, 6.45) is 3.07. The van der Waals surface area contributed by atoms with Crippen molar-refractivity contribution in [2.24, 2.45) is 5.84 Å². The molecule has 10 heteroatoms. The minimum Gasteiger partial charge on any atom is -0.467 e. The summed E-state index contributed by atoms with van der Waals surface area (Å²) < 4.78 is 6.07. The molecule has 0 spiro atoms. The molecular formula is C10H9N5O5. The zero-order valence-electron chi connectivity index (χ0n) is 9.98. The Balaban J connectivity index is 2.28. The van der Waals surface area contributed by atoms with Crippen LogP contribution in [-0.2, 0) is 6.54 Å². The fourth-order valence-electron chi connectivity index (χ4n) is 1.49. The lowest BCUT2D eigenvalue weighted by atomic mass is 10.3. The van der Waals surface area contributed by atoms with Gasteiger partial charge in [0.25, 0.3) is 5.91 Å². The Bertz CT molecular complexity index is 719. The van der Waals surface area contributed by atoms with Crippen LogP contribution in [0.25, 0.3) is 0 Å². The van der Waals surface area contributed by atoms with Crippen molar-refractivity contribution in [3.05, 3.63) is 56.6 Å². The van der Waals surface area contributed by atoms with Crippen LogP contribution in [0.3, 0.4) is 0 Å². The van der Waals surface area contributed by atoms with Gasteiger partial charge in [-0.25, -0.2) is 10.6 Å². The molecule has 3 N–H and O–H groups in total. The van der Waals surface area contributed by atoms with Gasteiger partial charge in [0, 0.05) is 0 Å². The summed E-state index contributed by atoms with van der Waals surface area (Å²) in [7, 11) is 0. The Morgan fingerprint density at radius 3 is 3.00 bits per heavy atom. The van der Waals surface area contributed by atoms with Gasteiger partial charge in [-0.3, -0.25) is 24.9 Å². The number of hydrogen-bond donors (Lipinski definition) is 2. The first-order chi connectivity index (χ1) is 9.51. The van der Waals surface area contributed by atoms with Crippen LogP contribution in [0, 0.1) is 10.1 Å². The van der Waals surface area contributed by atoms with E-state index in [-0.39, 0.29) is 23.6 Å². The molecule has 0 bridgehead atoms. The van der Waals surface area contributed by atoms with Crippen LogP contribution in [0.5, 0.6) is 0 Å². The van der Waals surface area contributed by atoms with E-state index in [4.69, 9.17) is 10.3 Å². The summed E-state index contributed by atoms with van der Waals surface area (Å²) >= 11 is 0. The Kier molecular flexibility index (Phi) is 3.57. The first-order valence-corrected chi connectivity index (χ1v) is 5.30. The van der Waals surface area contributed by atoms with Gasteiger partial charge in [-0.1, -0.05) is 0 Å². The standard InChI is InChI=1S/C10H9N5O5/c11-13-9(16)6-1-8(20-5-6)4-14-3-7(15(18)19)2-12-10(14)17/h1-3,5H,4,11H2,(H,13,16). The van der Waals surface area contributed by atoms with Crippen molar-refractivity contribution in [3.63, 3.8) is 0 Å². The highest BCUT2D eigenvalue weighted by Gasteiger charge is 2.12. The highest BCUT2D eigenvalue weighted by molar-refractivity contribution is 5.93. The van der Waals surface area contributed by atoms with Crippen LogP contribution in [0.2, 0.25) is 0 Å². The van der Waals surface area contributed by atoms with Gasteiger partial charge in [-0.15, -0.1) is 0 Å². The van der Waals surface area contributed by atoms with Crippen molar-refractivity contribution >= 4 is 11.6 Å². The summed E-state index contributed by atoms with van der Waals surface area (Å²) in [6, 6.07) is 1.37. The fourth-order valence-corrected chi connectivity index (χ4v) is 1.49. The molecule has 2 aromatic rings. The SMILES string of the molecule is NNC(=O)c1coc(Cn2cc([N+](=O)[O-])cnc2=O)c1. The van der Waals surface area contributed by atoms with Gasteiger partial charge < -0.3 is 4.42 Å². The van der Waals surface area contributed by atoms with Gasteiger partial charge in [0.2, 0.25) is 0 Å². The molecule has 0 fully saturated rings. The number of aromatic nitrogens is 2. The first-order valence-electron chi connectivity index (χ1n) is 5.30. The number of amides is 1. The molecule has 2 heterocycles. The van der Waals surface area contributed by atoms with E-state index < -0.39 is 16.5 Å². The second kappa shape index (κ2) is 5.32. The van der Waals surface area contributed by atoms with Crippen molar-refractivity contribution in [2.45, 2.75) is 6.54 Å². The topological polar surface area (TPSA) is 146 Å². The summed E-state index contributed by atoms with van der Waals surface area (Å²) in [4.78, 5) is 36.0. The van der Waals surface area contributed by atoms with Gasteiger partial charge in [-0.2, -0.15) is 4.98 Å². The van der Waals surface area contributed by atoms with E-state index in [1.54, 1.807) is 0 Å². The molecule has 0 radical (unpaired) electrons. The third kappa shape index (κ3) is 2.70. The van der Waals surface area contributed by atoms with E-state index in [2.05, 4.69) is 4.98 Å². The lowest BCUT2D eigenvalue weighted by Gasteiger charge is -2.01. The van der Waals surface area contributed by atoms with Crippen LogP contribution in [0.4, 0.5) is 5.69 Å². The molecule has 0 aliphatic heterocycles. The number of nitrogens with zero attached hydrogens (tertiary/aromatic N) is 3. The van der Waals surface area contributed by atoms with E-state index in [0.717, 1.165) is 23.2 Å². The second-order valence-corrected chi connectivity index (χ2v) is 3.75. The van der Waals surface area contributed by atoms with Gasteiger partial charge in [0.1, 0.15) is 18.2 Å².